The fraction of sp³-hybridized carbons (Fsp3) is 0.417. The number of anilines is 1. The van der Waals surface area contributed by atoms with Crippen molar-refractivity contribution < 1.29 is 9.90 Å². The van der Waals surface area contributed by atoms with Crippen molar-refractivity contribution in [3.8, 4) is 0 Å². The SMILES string of the molecule is NCC1CCN(c2ccccc2C(=O)O)C1. The molecule has 86 valence electrons. The number of nitrogens with zero attached hydrogens (tertiary/aromatic N) is 1. The lowest BCUT2D eigenvalue weighted by atomic mass is 10.1. The molecule has 1 fully saturated rings. The summed E-state index contributed by atoms with van der Waals surface area (Å²) in [6, 6.07) is 7.14. The van der Waals surface area contributed by atoms with E-state index in [1.54, 1.807) is 12.1 Å². The van der Waals surface area contributed by atoms with Crippen molar-refractivity contribution in [2.45, 2.75) is 6.42 Å². The first-order chi connectivity index (χ1) is 7.72. The Bertz CT molecular complexity index is 392. The maximum atomic E-state index is 11.1. The van der Waals surface area contributed by atoms with E-state index < -0.39 is 5.97 Å². The van der Waals surface area contributed by atoms with Crippen LogP contribution >= 0.6 is 0 Å². The van der Waals surface area contributed by atoms with E-state index in [1.807, 2.05) is 12.1 Å². The number of benzene rings is 1. The lowest BCUT2D eigenvalue weighted by Crippen LogP contribution is -2.24. The molecule has 0 radical (unpaired) electrons. The molecule has 4 nitrogen and oxygen atoms in total. The molecule has 1 saturated heterocycles. The number of aromatic carboxylic acids is 1. The highest BCUT2D eigenvalue weighted by molar-refractivity contribution is 5.94. The van der Waals surface area contributed by atoms with Crippen molar-refractivity contribution in [1.82, 2.24) is 0 Å². The van der Waals surface area contributed by atoms with E-state index in [-0.39, 0.29) is 0 Å². The minimum atomic E-state index is -0.869. The molecule has 1 aromatic carbocycles. The summed E-state index contributed by atoms with van der Waals surface area (Å²) in [7, 11) is 0. The molecule has 0 amide bonds. The highest BCUT2D eigenvalue weighted by Gasteiger charge is 2.24. The highest BCUT2D eigenvalue weighted by Crippen LogP contribution is 2.26. The molecule has 0 spiro atoms. The van der Waals surface area contributed by atoms with Gasteiger partial charge in [0.05, 0.1) is 11.3 Å². The maximum absolute atomic E-state index is 11.1. The average molecular weight is 220 g/mol. The molecule has 2 rings (SSSR count). The summed E-state index contributed by atoms with van der Waals surface area (Å²) in [6.45, 7) is 2.43. The first-order valence-electron chi connectivity index (χ1n) is 5.49. The predicted molar refractivity (Wildman–Crippen MR) is 62.8 cm³/mol. The highest BCUT2D eigenvalue weighted by atomic mass is 16.4. The van der Waals surface area contributed by atoms with Crippen LogP contribution in [-0.2, 0) is 0 Å². The largest absolute Gasteiger partial charge is 0.478 e. The lowest BCUT2D eigenvalue weighted by Gasteiger charge is -2.20. The van der Waals surface area contributed by atoms with Crippen molar-refractivity contribution in [2.75, 3.05) is 24.5 Å². The van der Waals surface area contributed by atoms with Crippen LogP contribution in [0.5, 0.6) is 0 Å². The third-order valence-electron chi connectivity index (χ3n) is 3.09. The molecule has 0 aliphatic carbocycles. The van der Waals surface area contributed by atoms with Crippen LogP contribution in [0.25, 0.3) is 0 Å². The van der Waals surface area contributed by atoms with Gasteiger partial charge in [0.15, 0.2) is 0 Å². The van der Waals surface area contributed by atoms with Gasteiger partial charge in [-0.15, -0.1) is 0 Å². The van der Waals surface area contributed by atoms with Crippen LogP contribution in [0.2, 0.25) is 0 Å². The van der Waals surface area contributed by atoms with E-state index in [2.05, 4.69) is 4.90 Å². The van der Waals surface area contributed by atoms with E-state index >= 15 is 0 Å². The molecule has 1 heterocycles. The molecule has 1 atom stereocenters. The number of nitrogens with two attached hydrogens (primary N) is 1. The van der Waals surface area contributed by atoms with E-state index in [1.165, 1.54) is 0 Å². The number of rotatable bonds is 3. The van der Waals surface area contributed by atoms with E-state index in [4.69, 9.17) is 10.8 Å². The third-order valence-corrected chi connectivity index (χ3v) is 3.09. The Morgan fingerprint density at radius 1 is 1.50 bits per heavy atom. The van der Waals surface area contributed by atoms with Gasteiger partial charge in [-0.2, -0.15) is 0 Å². The lowest BCUT2D eigenvalue weighted by molar-refractivity contribution is 0.0697. The number of carbonyl (C=O) groups is 1. The fourth-order valence-electron chi connectivity index (χ4n) is 2.17. The summed E-state index contributed by atoms with van der Waals surface area (Å²) < 4.78 is 0. The number of carboxylic acids is 1. The van der Waals surface area contributed by atoms with Crippen LogP contribution < -0.4 is 10.6 Å². The Hall–Kier alpha value is -1.55. The Kier molecular flexibility index (Phi) is 3.10. The molecule has 1 unspecified atom stereocenters. The van der Waals surface area contributed by atoms with Crippen molar-refractivity contribution in [1.29, 1.82) is 0 Å². The van der Waals surface area contributed by atoms with Gasteiger partial charge in [-0.25, -0.2) is 4.79 Å². The van der Waals surface area contributed by atoms with Crippen LogP contribution in [0.4, 0.5) is 5.69 Å². The Morgan fingerprint density at radius 2 is 2.25 bits per heavy atom. The number of hydrogen-bond donors (Lipinski definition) is 2. The second kappa shape index (κ2) is 4.53. The van der Waals surface area contributed by atoms with Gasteiger partial charge >= 0.3 is 5.97 Å². The monoisotopic (exact) mass is 220 g/mol. The Labute approximate surface area is 94.7 Å². The van der Waals surface area contributed by atoms with Crippen LogP contribution in [-0.4, -0.2) is 30.7 Å². The second-order valence-electron chi connectivity index (χ2n) is 4.16. The van der Waals surface area contributed by atoms with Gasteiger partial charge < -0.3 is 15.7 Å². The number of carboxylic acid groups (broad SMARTS) is 1. The van der Waals surface area contributed by atoms with E-state index in [0.717, 1.165) is 25.2 Å². The molecule has 0 aromatic heterocycles. The van der Waals surface area contributed by atoms with Gasteiger partial charge in [0, 0.05) is 13.1 Å². The molecule has 0 bridgehead atoms. The quantitative estimate of drug-likeness (QED) is 0.802. The molecule has 16 heavy (non-hydrogen) atoms. The standard InChI is InChI=1S/C12H16N2O2/c13-7-9-5-6-14(8-9)11-4-2-1-3-10(11)12(15)16/h1-4,9H,5-8,13H2,(H,15,16). The third kappa shape index (κ3) is 2.02. The van der Waals surface area contributed by atoms with Crippen molar-refractivity contribution in [3.05, 3.63) is 29.8 Å². The summed E-state index contributed by atoms with van der Waals surface area (Å²) >= 11 is 0. The van der Waals surface area contributed by atoms with E-state index in [0.29, 0.717) is 18.0 Å². The summed E-state index contributed by atoms with van der Waals surface area (Å²) in [5, 5.41) is 9.10. The normalized spacial score (nSPS) is 20.1. The molecule has 4 heteroatoms. The average Bonchev–Trinajstić information content (AvgIpc) is 2.77. The van der Waals surface area contributed by atoms with Gasteiger partial charge in [-0.05, 0) is 31.0 Å². The molecule has 1 aromatic rings. The van der Waals surface area contributed by atoms with Crippen molar-refractivity contribution in [2.24, 2.45) is 11.7 Å². The summed E-state index contributed by atoms with van der Waals surface area (Å²) in [5.74, 6) is -0.381. The van der Waals surface area contributed by atoms with Crippen LogP contribution in [0, 0.1) is 5.92 Å². The van der Waals surface area contributed by atoms with Crippen LogP contribution in [0.3, 0.4) is 0 Å². The summed E-state index contributed by atoms with van der Waals surface area (Å²) in [5.41, 5.74) is 6.82. The van der Waals surface area contributed by atoms with Crippen LogP contribution in [0.15, 0.2) is 24.3 Å². The first kappa shape index (κ1) is 11.0. The van der Waals surface area contributed by atoms with Gasteiger partial charge in [0.1, 0.15) is 0 Å². The van der Waals surface area contributed by atoms with Gasteiger partial charge in [0.2, 0.25) is 0 Å². The molecule has 0 saturated carbocycles. The topological polar surface area (TPSA) is 66.6 Å². The maximum Gasteiger partial charge on any atom is 0.337 e. The van der Waals surface area contributed by atoms with Gasteiger partial charge in [-0.1, -0.05) is 12.1 Å². The number of hydrogen-bond acceptors (Lipinski definition) is 3. The molecule has 1 aliphatic heterocycles. The molecule has 3 N–H and O–H groups in total. The second-order valence-corrected chi connectivity index (χ2v) is 4.16. The number of para-hydroxylation sites is 1. The fourth-order valence-corrected chi connectivity index (χ4v) is 2.17. The first-order valence-corrected chi connectivity index (χ1v) is 5.49. The summed E-state index contributed by atoms with van der Waals surface area (Å²) in [6.07, 6.45) is 1.05. The zero-order valence-corrected chi connectivity index (χ0v) is 9.10. The minimum Gasteiger partial charge on any atom is -0.478 e. The summed E-state index contributed by atoms with van der Waals surface area (Å²) in [4.78, 5) is 13.2. The van der Waals surface area contributed by atoms with E-state index in [9.17, 15) is 4.79 Å². The zero-order chi connectivity index (χ0) is 11.5. The predicted octanol–water partition coefficient (Wildman–Crippen LogP) is 1.17. The van der Waals surface area contributed by atoms with Crippen LogP contribution in [0.1, 0.15) is 16.8 Å². The molecular formula is C12H16N2O2. The Morgan fingerprint density at radius 3 is 2.88 bits per heavy atom. The molecular weight excluding hydrogens is 204 g/mol. The zero-order valence-electron chi connectivity index (χ0n) is 9.10. The van der Waals surface area contributed by atoms with Gasteiger partial charge in [-0.3, -0.25) is 0 Å². The molecule has 1 aliphatic rings. The van der Waals surface area contributed by atoms with Crippen molar-refractivity contribution in [3.63, 3.8) is 0 Å². The minimum absolute atomic E-state index is 0.375. The smallest absolute Gasteiger partial charge is 0.337 e. The Balaban J connectivity index is 2.24. The van der Waals surface area contributed by atoms with Gasteiger partial charge in [0.25, 0.3) is 0 Å². The van der Waals surface area contributed by atoms with Crippen molar-refractivity contribution >= 4 is 11.7 Å².